The van der Waals surface area contributed by atoms with E-state index in [1.54, 1.807) is 0 Å². The zero-order valence-corrected chi connectivity index (χ0v) is 12.3. The second-order valence-corrected chi connectivity index (χ2v) is 5.69. The molecule has 1 heterocycles. The molecule has 0 fully saturated rings. The number of fused-ring (bicyclic) bond motifs is 1. The molecule has 2 aromatic rings. The minimum absolute atomic E-state index is 1.06. The normalized spacial score (nSPS) is 10.7. The molecule has 1 aromatic heterocycles. The standard InChI is InChI=1S/C9H4BrI2N/c10-5-1-2-6-7(3-5)8(11)4-13-9(6)12/h1-4H. The van der Waals surface area contributed by atoms with Crippen LogP contribution >= 0.6 is 61.1 Å². The van der Waals surface area contributed by atoms with Gasteiger partial charge in [0.15, 0.2) is 0 Å². The number of benzene rings is 1. The smallest absolute Gasteiger partial charge is 0.109 e. The van der Waals surface area contributed by atoms with E-state index in [0.29, 0.717) is 0 Å². The Hall–Kier alpha value is 0.570. The molecule has 0 radical (unpaired) electrons. The van der Waals surface area contributed by atoms with Gasteiger partial charge in [-0.1, -0.05) is 22.0 Å². The second-order valence-electron chi connectivity index (χ2n) is 2.59. The molecule has 0 N–H and O–H groups in total. The molecule has 66 valence electrons. The maximum absolute atomic E-state index is 4.30. The molecule has 0 atom stereocenters. The van der Waals surface area contributed by atoms with Gasteiger partial charge in [-0.05, 0) is 57.3 Å². The summed E-state index contributed by atoms with van der Waals surface area (Å²) in [5.74, 6) is 0. The predicted octanol–water partition coefficient (Wildman–Crippen LogP) is 4.21. The number of pyridine rings is 1. The fourth-order valence-corrected chi connectivity index (χ4v) is 2.70. The number of rotatable bonds is 0. The Labute approximate surface area is 112 Å². The first-order valence-corrected chi connectivity index (χ1v) is 6.53. The molecule has 1 aromatic carbocycles. The molecule has 0 spiro atoms. The van der Waals surface area contributed by atoms with Gasteiger partial charge in [0, 0.05) is 25.0 Å². The molecule has 0 aliphatic carbocycles. The summed E-state index contributed by atoms with van der Waals surface area (Å²) in [6.07, 6.45) is 1.90. The van der Waals surface area contributed by atoms with E-state index in [2.05, 4.69) is 78.2 Å². The Morgan fingerprint density at radius 2 is 1.92 bits per heavy atom. The van der Waals surface area contributed by atoms with Crippen LogP contribution in [0.5, 0.6) is 0 Å². The minimum atomic E-state index is 1.06. The molecule has 4 heteroatoms. The van der Waals surface area contributed by atoms with Crippen LogP contribution < -0.4 is 0 Å². The molecule has 0 aliphatic heterocycles. The molecule has 0 unspecified atom stereocenters. The summed E-state index contributed by atoms with van der Waals surface area (Å²) in [6.45, 7) is 0. The zero-order chi connectivity index (χ0) is 9.42. The summed E-state index contributed by atoms with van der Waals surface area (Å²) in [7, 11) is 0. The number of hydrogen-bond donors (Lipinski definition) is 0. The van der Waals surface area contributed by atoms with Crippen molar-refractivity contribution < 1.29 is 0 Å². The average molecular weight is 460 g/mol. The third kappa shape index (κ3) is 1.99. The summed E-state index contributed by atoms with van der Waals surface area (Å²) < 4.78 is 3.36. The highest BCUT2D eigenvalue weighted by Gasteiger charge is 2.03. The topological polar surface area (TPSA) is 12.9 Å². The number of aromatic nitrogens is 1. The van der Waals surface area contributed by atoms with E-state index in [9.17, 15) is 0 Å². The highest BCUT2D eigenvalue weighted by Crippen LogP contribution is 2.26. The first kappa shape index (κ1) is 10.1. The van der Waals surface area contributed by atoms with Crippen LogP contribution in [0.25, 0.3) is 10.8 Å². The Morgan fingerprint density at radius 1 is 1.15 bits per heavy atom. The van der Waals surface area contributed by atoms with E-state index in [0.717, 1.165) is 8.17 Å². The Bertz CT molecular complexity index is 470. The number of hydrogen-bond acceptors (Lipinski definition) is 1. The summed E-state index contributed by atoms with van der Waals surface area (Å²) in [5.41, 5.74) is 0. The van der Waals surface area contributed by atoms with Crippen molar-refractivity contribution in [1.29, 1.82) is 0 Å². The highest BCUT2D eigenvalue weighted by molar-refractivity contribution is 14.1. The van der Waals surface area contributed by atoms with Crippen molar-refractivity contribution in [2.75, 3.05) is 0 Å². The van der Waals surface area contributed by atoms with Crippen LogP contribution in [0.15, 0.2) is 28.9 Å². The first-order chi connectivity index (χ1) is 6.18. The van der Waals surface area contributed by atoms with Gasteiger partial charge in [-0.3, -0.25) is 0 Å². The Morgan fingerprint density at radius 3 is 2.69 bits per heavy atom. The van der Waals surface area contributed by atoms with Gasteiger partial charge in [-0.2, -0.15) is 0 Å². The maximum atomic E-state index is 4.30. The van der Waals surface area contributed by atoms with Crippen molar-refractivity contribution in [1.82, 2.24) is 4.98 Å². The molecular formula is C9H4BrI2N. The van der Waals surface area contributed by atoms with Gasteiger partial charge < -0.3 is 0 Å². The van der Waals surface area contributed by atoms with Crippen LogP contribution in [0.1, 0.15) is 0 Å². The second kappa shape index (κ2) is 3.98. The van der Waals surface area contributed by atoms with Crippen molar-refractivity contribution in [3.8, 4) is 0 Å². The lowest BCUT2D eigenvalue weighted by Crippen LogP contribution is -1.86. The van der Waals surface area contributed by atoms with Gasteiger partial charge >= 0.3 is 0 Å². The lowest BCUT2D eigenvalue weighted by molar-refractivity contribution is 1.29. The summed E-state index contributed by atoms with van der Waals surface area (Å²) in [6, 6.07) is 6.26. The van der Waals surface area contributed by atoms with E-state index >= 15 is 0 Å². The predicted molar refractivity (Wildman–Crippen MR) is 74.9 cm³/mol. The van der Waals surface area contributed by atoms with E-state index in [1.807, 2.05) is 12.3 Å². The first-order valence-electron chi connectivity index (χ1n) is 3.58. The van der Waals surface area contributed by atoms with Crippen LogP contribution in [0.2, 0.25) is 0 Å². The third-order valence-electron chi connectivity index (χ3n) is 1.75. The summed E-state index contributed by atoms with van der Waals surface area (Å²) in [5, 5.41) is 2.48. The van der Waals surface area contributed by atoms with Gasteiger partial charge in [-0.25, -0.2) is 4.98 Å². The van der Waals surface area contributed by atoms with Crippen molar-refractivity contribution in [2.45, 2.75) is 0 Å². The Kier molecular flexibility index (Phi) is 3.09. The molecule has 0 aliphatic rings. The van der Waals surface area contributed by atoms with Crippen molar-refractivity contribution in [3.05, 3.63) is 36.1 Å². The van der Waals surface area contributed by atoms with Gasteiger partial charge in [0.2, 0.25) is 0 Å². The van der Waals surface area contributed by atoms with E-state index in [4.69, 9.17) is 0 Å². The molecule has 0 amide bonds. The molecule has 2 rings (SSSR count). The largest absolute Gasteiger partial charge is 0.249 e. The summed E-state index contributed by atoms with van der Waals surface area (Å²) in [4.78, 5) is 4.30. The number of halogens is 3. The van der Waals surface area contributed by atoms with Crippen molar-refractivity contribution in [2.24, 2.45) is 0 Å². The minimum Gasteiger partial charge on any atom is -0.249 e. The Balaban J connectivity index is 2.92. The van der Waals surface area contributed by atoms with E-state index in [1.165, 1.54) is 14.3 Å². The highest BCUT2D eigenvalue weighted by atomic mass is 127. The van der Waals surface area contributed by atoms with Gasteiger partial charge in [0.05, 0.1) is 0 Å². The van der Waals surface area contributed by atoms with Crippen LogP contribution in [0, 0.1) is 7.27 Å². The fourth-order valence-electron chi connectivity index (χ4n) is 1.15. The van der Waals surface area contributed by atoms with Crippen molar-refractivity contribution in [3.63, 3.8) is 0 Å². The zero-order valence-electron chi connectivity index (χ0n) is 6.39. The quantitative estimate of drug-likeness (QED) is 0.425. The van der Waals surface area contributed by atoms with E-state index < -0.39 is 0 Å². The van der Waals surface area contributed by atoms with Crippen LogP contribution in [-0.4, -0.2) is 4.98 Å². The fraction of sp³-hybridized carbons (Fsp3) is 0. The average Bonchev–Trinajstić information content (AvgIpc) is 2.12. The van der Waals surface area contributed by atoms with Crippen LogP contribution in [0.4, 0.5) is 0 Å². The van der Waals surface area contributed by atoms with Crippen molar-refractivity contribution >= 4 is 71.9 Å². The molecule has 0 saturated carbocycles. The molecular weight excluding hydrogens is 456 g/mol. The van der Waals surface area contributed by atoms with Gasteiger partial charge in [0.25, 0.3) is 0 Å². The van der Waals surface area contributed by atoms with Crippen LogP contribution in [-0.2, 0) is 0 Å². The number of nitrogens with zero attached hydrogens (tertiary/aromatic N) is 1. The third-order valence-corrected chi connectivity index (χ3v) is 3.96. The van der Waals surface area contributed by atoms with Crippen LogP contribution in [0.3, 0.4) is 0 Å². The lowest BCUT2D eigenvalue weighted by atomic mass is 10.2. The summed E-state index contributed by atoms with van der Waals surface area (Å²) >= 11 is 8.03. The maximum Gasteiger partial charge on any atom is 0.109 e. The van der Waals surface area contributed by atoms with Gasteiger partial charge in [0.1, 0.15) is 3.70 Å². The lowest BCUT2D eigenvalue weighted by Gasteiger charge is -2.02. The molecule has 13 heavy (non-hydrogen) atoms. The van der Waals surface area contributed by atoms with Gasteiger partial charge in [-0.15, -0.1) is 0 Å². The SMILES string of the molecule is Brc1ccc2c(I)ncc(I)c2c1. The molecule has 1 nitrogen and oxygen atoms in total. The van der Waals surface area contributed by atoms with E-state index in [-0.39, 0.29) is 0 Å². The monoisotopic (exact) mass is 459 g/mol. The molecule has 0 bridgehead atoms. The molecule has 0 saturated heterocycles.